The van der Waals surface area contributed by atoms with E-state index in [0.717, 1.165) is 29.7 Å². The number of carbonyl (C=O) groups is 2. The van der Waals surface area contributed by atoms with E-state index in [4.69, 9.17) is 18.9 Å². The Kier molecular flexibility index (Phi) is 6.02. The van der Waals surface area contributed by atoms with E-state index in [1.165, 1.54) is 5.56 Å². The van der Waals surface area contributed by atoms with E-state index in [9.17, 15) is 9.59 Å². The van der Waals surface area contributed by atoms with Crippen LogP contribution in [-0.4, -0.2) is 58.7 Å². The average molecular weight is 494 g/mol. The van der Waals surface area contributed by atoms with E-state index in [2.05, 4.69) is 32.8 Å². The Hall–Kier alpha value is -4.09. The zero-order chi connectivity index (χ0) is 25.4. The van der Waals surface area contributed by atoms with Crippen LogP contribution in [0.4, 0.5) is 0 Å². The molecule has 5 rings (SSSR count). The molecule has 4 heterocycles. The van der Waals surface area contributed by atoms with Crippen molar-refractivity contribution in [2.24, 2.45) is 0 Å². The minimum absolute atomic E-state index is 0.138. The zero-order valence-corrected chi connectivity index (χ0v) is 20.6. The number of rotatable bonds is 8. The van der Waals surface area contributed by atoms with E-state index < -0.39 is 17.5 Å². The van der Waals surface area contributed by atoms with Crippen molar-refractivity contribution in [2.75, 3.05) is 6.61 Å². The van der Waals surface area contributed by atoms with Gasteiger partial charge in [0.1, 0.15) is 11.2 Å². The highest BCUT2D eigenvalue weighted by Crippen LogP contribution is 2.40. The molecule has 0 aromatic carbocycles. The zero-order valence-electron chi connectivity index (χ0n) is 20.6. The SMILES string of the molecule is CCOC(=O)c1nnc(Cc2cc(C3CC3)cn3cc(Cn4cc(C(=O)OC(C)(C)C)nn4)nc23)o1. The molecule has 0 bridgehead atoms. The van der Waals surface area contributed by atoms with Crippen LogP contribution in [0.2, 0.25) is 0 Å². The number of nitrogens with zero attached hydrogens (tertiary/aromatic N) is 7. The highest BCUT2D eigenvalue weighted by atomic mass is 16.6. The number of hydrogen-bond donors (Lipinski definition) is 0. The summed E-state index contributed by atoms with van der Waals surface area (Å²) in [4.78, 5) is 28.9. The summed E-state index contributed by atoms with van der Waals surface area (Å²) in [5, 5.41) is 15.8. The smallest absolute Gasteiger partial charge is 0.396 e. The molecule has 0 atom stereocenters. The Labute approximate surface area is 206 Å². The van der Waals surface area contributed by atoms with E-state index in [1.54, 1.807) is 38.6 Å². The van der Waals surface area contributed by atoms with E-state index >= 15 is 0 Å². The Balaban J connectivity index is 1.39. The first-order valence-corrected chi connectivity index (χ1v) is 11.8. The Morgan fingerprint density at radius 3 is 2.64 bits per heavy atom. The van der Waals surface area contributed by atoms with Crippen LogP contribution >= 0.6 is 0 Å². The first kappa shape index (κ1) is 23.6. The lowest BCUT2D eigenvalue weighted by Crippen LogP contribution is -2.24. The molecule has 0 radical (unpaired) electrons. The lowest BCUT2D eigenvalue weighted by Gasteiger charge is -2.18. The van der Waals surface area contributed by atoms with Gasteiger partial charge in [0.05, 0.1) is 31.5 Å². The van der Waals surface area contributed by atoms with Crippen LogP contribution < -0.4 is 0 Å². The molecule has 0 aliphatic heterocycles. The summed E-state index contributed by atoms with van der Waals surface area (Å²) in [7, 11) is 0. The average Bonchev–Trinajstić information content (AvgIpc) is 3.17. The van der Waals surface area contributed by atoms with Crippen LogP contribution in [-0.2, 0) is 22.4 Å². The second-order valence-corrected chi connectivity index (χ2v) is 9.74. The van der Waals surface area contributed by atoms with Crippen molar-refractivity contribution in [3.05, 3.63) is 59.0 Å². The van der Waals surface area contributed by atoms with Gasteiger partial charge in [0.25, 0.3) is 0 Å². The standard InChI is InChI=1S/C24H27N7O5/c1-5-34-23(33)21-28-27-19(35-21)9-15-8-16(14-6-7-14)10-30-11-17(25-20(15)30)12-31-13-18(26-29-31)22(32)36-24(2,3)4/h8,10-11,13-14H,5-7,9,12H2,1-4H3. The molecule has 4 aromatic rings. The van der Waals surface area contributed by atoms with Gasteiger partial charge in [-0.2, -0.15) is 0 Å². The quantitative estimate of drug-likeness (QED) is 0.336. The summed E-state index contributed by atoms with van der Waals surface area (Å²) in [5.74, 6) is -0.520. The summed E-state index contributed by atoms with van der Waals surface area (Å²) in [6, 6.07) is 2.11. The molecular formula is C24H27N7O5. The predicted molar refractivity (Wildman–Crippen MR) is 125 cm³/mol. The molecule has 1 fully saturated rings. The van der Waals surface area contributed by atoms with Crippen LogP contribution in [0.15, 0.2) is 29.1 Å². The predicted octanol–water partition coefficient (Wildman–Crippen LogP) is 2.96. The fourth-order valence-electron chi connectivity index (χ4n) is 3.82. The normalized spacial score (nSPS) is 13.8. The summed E-state index contributed by atoms with van der Waals surface area (Å²) in [6.07, 6.45) is 8.16. The third kappa shape index (κ3) is 5.26. The Bertz CT molecular complexity index is 1420. The first-order valence-electron chi connectivity index (χ1n) is 11.8. The van der Waals surface area contributed by atoms with E-state index in [-0.39, 0.29) is 18.2 Å². The van der Waals surface area contributed by atoms with E-state index in [1.807, 2.05) is 10.6 Å². The van der Waals surface area contributed by atoms with Crippen molar-refractivity contribution in [3.63, 3.8) is 0 Å². The highest BCUT2D eigenvalue weighted by molar-refractivity contribution is 5.87. The monoisotopic (exact) mass is 493 g/mol. The second-order valence-electron chi connectivity index (χ2n) is 9.74. The molecule has 0 saturated heterocycles. The maximum absolute atomic E-state index is 12.3. The van der Waals surface area contributed by atoms with Crippen LogP contribution in [0.3, 0.4) is 0 Å². The van der Waals surface area contributed by atoms with Gasteiger partial charge in [0, 0.05) is 18.0 Å². The second kappa shape index (κ2) is 9.17. The number of ether oxygens (including phenoxy) is 2. The number of carbonyl (C=O) groups excluding carboxylic acids is 2. The summed E-state index contributed by atoms with van der Waals surface area (Å²) in [6.45, 7) is 7.65. The number of pyridine rings is 1. The highest BCUT2D eigenvalue weighted by Gasteiger charge is 2.26. The number of esters is 2. The molecule has 12 heteroatoms. The van der Waals surface area contributed by atoms with Crippen LogP contribution in [0.1, 0.15) is 90.3 Å². The molecule has 0 N–H and O–H groups in total. The maximum Gasteiger partial charge on any atom is 0.396 e. The number of hydrogen-bond acceptors (Lipinski definition) is 10. The Morgan fingerprint density at radius 1 is 1.11 bits per heavy atom. The fraction of sp³-hybridized carbons (Fsp3) is 0.458. The van der Waals surface area contributed by atoms with Gasteiger partial charge >= 0.3 is 17.8 Å². The number of aromatic nitrogens is 7. The molecule has 1 saturated carbocycles. The van der Waals surface area contributed by atoms with Crippen molar-refractivity contribution in [3.8, 4) is 0 Å². The molecule has 188 valence electrons. The number of fused-ring (bicyclic) bond motifs is 1. The minimum Gasteiger partial charge on any atom is -0.459 e. The lowest BCUT2D eigenvalue weighted by molar-refractivity contribution is 0.00624. The van der Waals surface area contributed by atoms with Gasteiger partial charge in [-0.1, -0.05) is 5.21 Å². The molecule has 1 aliphatic carbocycles. The summed E-state index contributed by atoms with van der Waals surface area (Å²) >= 11 is 0. The van der Waals surface area contributed by atoms with Gasteiger partial charge in [0.15, 0.2) is 5.69 Å². The minimum atomic E-state index is -0.644. The van der Waals surface area contributed by atoms with Gasteiger partial charge in [-0.3, -0.25) is 0 Å². The van der Waals surface area contributed by atoms with Crippen LogP contribution in [0.25, 0.3) is 5.65 Å². The fourth-order valence-corrected chi connectivity index (χ4v) is 3.82. The largest absolute Gasteiger partial charge is 0.459 e. The van der Waals surface area contributed by atoms with Gasteiger partial charge in [0.2, 0.25) is 5.89 Å². The first-order chi connectivity index (χ1) is 17.2. The third-order valence-electron chi connectivity index (χ3n) is 5.48. The Morgan fingerprint density at radius 2 is 1.92 bits per heavy atom. The van der Waals surface area contributed by atoms with Gasteiger partial charge in [-0.25, -0.2) is 19.3 Å². The molecule has 0 amide bonds. The topological polar surface area (TPSA) is 140 Å². The van der Waals surface area contributed by atoms with Crippen molar-refractivity contribution >= 4 is 17.6 Å². The molecule has 1 aliphatic rings. The summed E-state index contributed by atoms with van der Waals surface area (Å²) < 4.78 is 19.3. The van der Waals surface area contributed by atoms with Gasteiger partial charge in [-0.05, 0) is 58.1 Å². The molecule has 4 aromatic heterocycles. The molecule has 0 spiro atoms. The maximum atomic E-state index is 12.3. The van der Waals surface area contributed by atoms with Crippen LogP contribution in [0, 0.1) is 0 Å². The van der Waals surface area contributed by atoms with Crippen molar-refractivity contribution in [2.45, 2.75) is 65.0 Å². The molecule has 12 nitrogen and oxygen atoms in total. The molecular weight excluding hydrogens is 466 g/mol. The lowest BCUT2D eigenvalue weighted by atomic mass is 10.1. The van der Waals surface area contributed by atoms with E-state index in [0.29, 0.717) is 24.8 Å². The van der Waals surface area contributed by atoms with Crippen molar-refractivity contribution in [1.29, 1.82) is 0 Å². The van der Waals surface area contributed by atoms with Crippen LogP contribution in [0.5, 0.6) is 0 Å². The van der Waals surface area contributed by atoms with Crippen molar-refractivity contribution in [1.82, 2.24) is 34.6 Å². The van der Waals surface area contributed by atoms with Gasteiger partial charge in [-0.15, -0.1) is 15.3 Å². The molecule has 0 unspecified atom stereocenters. The number of imidazole rings is 1. The van der Waals surface area contributed by atoms with Crippen molar-refractivity contribution < 1.29 is 23.5 Å². The third-order valence-corrected chi connectivity index (χ3v) is 5.48. The summed E-state index contributed by atoms with van der Waals surface area (Å²) in [5.41, 5.74) is 3.10. The van der Waals surface area contributed by atoms with Gasteiger partial charge < -0.3 is 18.3 Å². The molecule has 36 heavy (non-hydrogen) atoms.